The summed E-state index contributed by atoms with van der Waals surface area (Å²) < 4.78 is 11.6. The minimum absolute atomic E-state index is 0.0330. The van der Waals surface area contributed by atoms with Crippen molar-refractivity contribution in [3.63, 3.8) is 0 Å². The van der Waals surface area contributed by atoms with Crippen LogP contribution < -0.4 is 14.4 Å². The van der Waals surface area contributed by atoms with Crippen LogP contribution in [-0.2, 0) is 9.59 Å². The van der Waals surface area contributed by atoms with E-state index in [-0.39, 0.29) is 18.4 Å². The van der Waals surface area contributed by atoms with Crippen molar-refractivity contribution in [3.05, 3.63) is 72.8 Å². The van der Waals surface area contributed by atoms with Gasteiger partial charge in [-0.05, 0) is 36.4 Å². The molecule has 2 amide bonds. The predicted octanol–water partition coefficient (Wildman–Crippen LogP) is 3.80. The Labute approximate surface area is 208 Å². The highest BCUT2D eigenvalue weighted by Crippen LogP contribution is 2.47. The normalized spacial score (nSPS) is 19.0. The summed E-state index contributed by atoms with van der Waals surface area (Å²) in [5.41, 5.74) is 1.84. The molecular weight excluding hydrogens is 462 g/mol. The van der Waals surface area contributed by atoms with Crippen molar-refractivity contribution in [2.24, 2.45) is 0 Å². The predicted molar refractivity (Wildman–Crippen MR) is 134 cm³/mol. The number of nitrogens with zero attached hydrogens (tertiary/aromatic N) is 3. The molecule has 178 valence electrons. The lowest BCUT2D eigenvalue weighted by atomic mass is 10.2. The molecule has 0 unspecified atom stereocenters. The van der Waals surface area contributed by atoms with E-state index in [1.165, 1.54) is 0 Å². The molecule has 0 spiro atoms. The first-order valence-corrected chi connectivity index (χ1v) is 12.6. The molecule has 0 aliphatic carbocycles. The van der Waals surface area contributed by atoms with Crippen molar-refractivity contribution >= 4 is 35.0 Å². The van der Waals surface area contributed by atoms with Crippen LogP contribution in [0.15, 0.2) is 82.6 Å². The minimum atomic E-state index is -0.642. The number of fused-ring (bicyclic) bond motifs is 3. The first kappa shape index (κ1) is 22.0. The van der Waals surface area contributed by atoms with Gasteiger partial charge in [-0.2, -0.15) is 0 Å². The summed E-state index contributed by atoms with van der Waals surface area (Å²) in [5.74, 6) is 1.23. The average Bonchev–Trinajstić information content (AvgIpc) is 2.91. The van der Waals surface area contributed by atoms with Crippen LogP contribution in [0.2, 0.25) is 0 Å². The number of hydrogen-bond donors (Lipinski definition) is 0. The van der Waals surface area contributed by atoms with Gasteiger partial charge in [0.05, 0.1) is 17.9 Å². The van der Waals surface area contributed by atoms with Gasteiger partial charge in [-0.3, -0.25) is 19.4 Å². The van der Waals surface area contributed by atoms with Gasteiger partial charge >= 0.3 is 0 Å². The van der Waals surface area contributed by atoms with Crippen LogP contribution in [0.5, 0.6) is 11.5 Å². The third kappa shape index (κ3) is 4.24. The summed E-state index contributed by atoms with van der Waals surface area (Å²) >= 11 is 1.69. The quantitative estimate of drug-likeness (QED) is 0.560. The Morgan fingerprint density at radius 2 is 1.40 bits per heavy atom. The average molecular weight is 488 g/mol. The third-order valence-electron chi connectivity index (χ3n) is 6.51. The number of amides is 2. The molecule has 3 aromatic carbocycles. The molecule has 0 radical (unpaired) electrons. The summed E-state index contributed by atoms with van der Waals surface area (Å²) in [7, 11) is 0. The Hall–Kier alpha value is -3.49. The van der Waals surface area contributed by atoms with Crippen LogP contribution in [0.1, 0.15) is 0 Å². The topological polar surface area (TPSA) is 62.3 Å². The summed E-state index contributed by atoms with van der Waals surface area (Å²) in [6, 6.07) is 23.4. The fourth-order valence-corrected chi connectivity index (χ4v) is 5.76. The fraction of sp³-hybridized carbons (Fsp3) is 0.259. The third-order valence-corrected chi connectivity index (χ3v) is 7.64. The zero-order chi connectivity index (χ0) is 23.8. The number of para-hydroxylation sites is 4. The summed E-state index contributed by atoms with van der Waals surface area (Å²) in [6.07, 6.45) is -0.642. The van der Waals surface area contributed by atoms with E-state index in [0.717, 1.165) is 21.2 Å². The summed E-state index contributed by atoms with van der Waals surface area (Å²) in [5, 5.41) is 0. The van der Waals surface area contributed by atoms with E-state index in [0.29, 0.717) is 44.2 Å². The zero-order valence-electron chi connectivity index (χ0n) is 19.1. The van der Waals surface area contributed by atoms with Gasteiger partial charge in [0, 0.05) is 36.0 Å². The summed E-state index contributed by atoms with van der Waals surface area (Å²) in [4.78, 5) is 34.5. The van der Waals surface area contributed by atoms with Gasteiger partial charge in [0.25, 0.3) is 5.91 Å². The number of hydrogen-bond acceptors (Lipinski definition) is 6. The Kier molecular flexibility index (Phi) is 5.83. The zero-order valence-corrected chi connectivity index (χ0v) is 19.9. The molecule has 1 fully saturated rings. The van der Waals surface area contributed by atoms with Crippen LogP contribution in [0.3, 0.4) is 0 Å². The van der Waals surface area contributed by atoms with Crippen LogP contribution in [0.25, 0.3) is 0 Å². The number of anilines is 2. The maximum absolute atomic E-state index is 13.5. The molecule has 8 heteroatoms. The minimum Gasteiger partial charge on any atom is -0.485 e. The second-order valence-electron chi connectivity index (χ2n) is 8.73. The first-order valence-electron chi connectivity index (χ1n) is 11.8. The first-order chi connectivity index (χ1) is 17.2. The molecule has 0 aromatic heterocycles. The largest absolute Gasteiger partial charge is 0.485 e. The van der Waals surface area contributed by atoms with Crippen LogP contribution in [0, 0.1) is 0 Å². The summed E-state index contributed by atoms with van der Waals surface area (Å²) in [6.45, 7) is 2.88. The molecule has 3 aromatic rings. The molecule has 0 bridgehead atoms. The molecule has 0 saturated carbocycles. The molecule has 3 aliphatic heterocycles. The second kappa shape index (κ2) is 9.28. The van der Waals surface area contributed by atoms with Crippen molar-refractivity contribution in [3.8, 4) is 11.5 Å². The number of rotatable bonds is 3. The highest BCUT2D eigenvalue weighted by atomic mass is 32.2. The van der Waals surface area contributed by atoms with Gasteiger partial charge in [-0.25, -0.2) is 0 Å². The number of benzene rings is 3. The second-order valence-corrected chi connectivity index (χ2v) is 9.82. The maximum atomic E-state index is 13.5. The number of carbonyl (C=O) groups is 2. The monoisotopic (exact) mass is 487 g/mol. The van der Waals surface area contributed by atoms with E-state index in [1.807, 2.05) is 70.5 Å². The van der Waals surface area contributed by atoms with Gasteiger partial charge in [-0.1, -0.05) is 48.2 Å². The van der Waals surface area contributed by atoms with Gasteiger partial charge < -0.3 is 14.4 Å². The van der Waals surface area contributed by atoms with Crippen molar-refractivity contribution in [1.82, 2.24) is 9.80 Å². The highest BCUT2D eigenvalue weighted by Gasteiger charge is 2.34. The van der Waals surface area contributed by atoms with E-state index in [9.17, 15) is 9.59 Å². The lowest BCUT2D eigenvalue weighted by Gasteiger charge is -2.38. The smallest absolute Gasteiger partial charge is 0.267 e. The van der Waals surface area contributed by atoms with Crippen molar-refractivity contribution in [1.29, 1.82) is 0 Å². The molecule has 7 nitrogen and oxygen atoms in total. The SMILES string of the molecule is O=C([C@@H]1COc2ccccc2O1)N1CCN(CC(=O)N2c3ccccc3Sc3ccccc32)CC1. The van der Waals surface area contributed by atoms with Gasteiger partial charge in [0.1, 0.15) is 6.61 Å². The van der Waals surface area contributed by atoms with Crippen LogP contribution >= 0.6 is 11.8 Å². The molecule has 0 N–H and O–H groups in total. The van der Waals surface area contributed by atoms with Crippen molar-refractivity contribution in [2.45, 2.75) is 15.9 Å². The van der Waals surface area contributed by atoms with Crippen LogP contribution in [-0.4, -0.2) is 67.0 Å². The lowest BCUT2D eigenvalue weighted by Crippen LogP contribution is -2.55. The van der Waals surface area contributed by atoms with E-state index in [4.69, 9.17) is 9.47 Å². The van der Waals surface area contributed by atoms with Crippen LogP contribution in [0.4, 0.5) is 11.4 Å². The Balaban J connectivity index is 1.10. The Morgan fingerprint density at radius 3 is 2.09 bits per heavy atom. The molecule has 6 rings (SSSR count). The van der Waals surface area contributed by atoms with Crippen molar-refractivity contribution < 1.29 is 19.1 Å². The van der Waals surface area contributed by atoms with Gasteiger partial charge in [-0.15, -0.1) is 0 Å². The van der Waals surface area contributed by atoms with Gasteiger partial charge in [0.2, 0.25) is 12.0 Å². The Bertz CT molecular complexity index is 1230. The van der Waals surface area contributed by atoms with E-state index < -0.39 is 6.10 Å². The highest BCUT2D eigenvalue weighted by molar-refractivity contribution is 7.99. The number of ether oxygens (including phenoxy) is 2. The molecular formula is C27H25N3O4S. The Morgan fingerprint density at radius 1 is 0.800 bits per heavy atom. The molecule has 3 heterocycles. The standard InChI is InChI=1S/C27H25N3O4S/c31-26(30-19-7-1-5-11-24(19)35-25-12-6-2-8-20(25)30)17-28-13-15-29(16-14-28)27(32)23-18-33-21-9-3-4-10-22(21)34-23/h1-12,23H,13-18H2/t23-/m0/s1. The molecule has 1 saturated heterocycles. The maximum Gasteiger partial charge on any atom is 0.267 e. The molecule has 35 heavy (non-hydrogen) atoms. The van der Waals surface area contributed by atoms with E-state index >= 15 is 0 Å². The lowest BCUT2D eigenvalue weighted by molar-refractivity contribution is -0.143. The molecule has 3 aliphatic rings. The number of piperazine rings is 1. The fourth-order valence-electron chi connectivity index (χ4n) is 4.71. The van der Waals surface area contributed by atoms with Crippen molar-refractivity contribution in [2.75, 3.05) is 44.2 Å². The molecule has 1 atom stereocenters. The van der Waals surface area contributed by atoms with E-state index in [2.05, 4.69) is 17.0 Å². The number of carbonyl (C=O) groups excluding carboxylic acids is 2. The van der Waals surface area contributed by atoms with Gasteiger partial charge in [0.15, 0.2) is 11.5 Å². The van der Waals surface area contributed by atoms with E-state index in [1.54, 1.807) is 11.8 Å².